The average Bonchev–Trinajstić information content (AvgIpc) is 1.51. The number of anilines is 6. The molecule has 414 valence electrons. The number of hydrogen-bond acceptors (Lipinski definition) is 3. The smallest absolute Gasteiger partial charge is 0.145 e. The molecule has 1 aromatic heterocycles. The molecule has 3 heteroatoms. The standard InChI is InChI=1S/C85H58N2O/c1-8-23-59(24-9-1)63-39-47-70(48-40-63)86(71-49-41-64(42-50-71)60-25-10-2-11-26-60)74-55-56-76-78(57-74)85(68-33-18-6-19-34-68,69-35-20-7-21-36-69)79-58-80(82-77-38-22-37-75(67-31-16-5-17-32-67)83(77)88-84(82)81(76)79)87(72-51-43-65(44-52-72)61-27-12-3-13-28-61)73-53-45-66(46-54-73)62-29-14-4-15-30-62/h1-58H. The van der Waals surface area contributed by atoms with Crippen LogP contribution in [-0.2, 0) is 5.41 Å². The van der Waals surface area contributed by atoms with E-state index in [2.05, 4.69) is 362 Å². The predicted molar refractivity (Wildman–Crippen MR) is 368 cm³/mol. The van der Waals surface area contributed by atoms with Crippen LogP contribution in [0.3, 0.4) is 0 Å². The van der Waals surface area contributed by atoms with E-state index >= 15 is 0 Å². The van der Waals surface area contributed by atoms with Crippen LogP contribution in [0.15, 0.2) is 356 Å². The Morgan fingerprint density at radius 2 is 0.591 bits per heavy atom. The minimum atomic E-state index is -0.854. The third-order valence-corrected chi connectivity index (χ3v) is 17.8. The number of para-hydroxylation sites is 1. The molecule has 0 amide bonds. The van der Waals surface area contributed by atoms with Gasteiger partial charge in [0.25, 0.3) is 0 Å². The maximum Gasteiger partial charge on any atom is 0.145 e. The van der Waals surface area contributed by atoms with E-state index in [1.165, 1.54) is 22.3 Å². The highest BCUT2D eigenvalue weighted by Gasteiger charge is 2.49. The summed E-state index contributed by atoms with van der Waals surface area (Å²) in [6, 6.07) is 128. The second kappa shape index (κ2) is 22.2. The second-order valence-electron chi connectivity index (χ2n) is 22.7. The molecule has 3 nitrogen and oxygen atoms in total. The fraction of sp³-hybridized carbons (Fsp3) is 0.0118. The van der Waals surface area contributed by atoms with E-state index < -0.39 is 5.41 Å². The van der Waals surface area contributed by atoms with Crippen LogP contribution in [0.2, 0.25) is 0 Å². The Labute approximate surface area is 513 Å². The molecule has 0 saturated carbocycles. The van der Waals surface area contributed by atoms with Gasteiger partial charge in [-0.3, -0.25) is 0 Å². The molecule has 88 heavy (non-hydrogen) atoms. The second-order valence-corrected chi connectivity index (χ2v) is 22.7. The fourth-order valence-corrected chi connectivity index (χ4v) is 13.7. The highest BCUT2D eigenvalue weighted by atomic mass is 16.3. The molecule has 0 radical (unpaired) electrons. The van der Waals surface area contributed by atoms with Gasteiger partial charge in [0, 0.05) is 45.0 Å². The number of nitrogens with zero attached hydrogens (tertiary/aromatic N) is 2. The zero-order valence-electron chi connectivity index (χ0n) is 48.3. The van der Waals surface area contributed by atoms with Gasteiger partial charge >= 0.3 is 0 Å². The number of furan rings is 1. The maximum absolute atomic E-state index is 7.79. The van der Waals surface area contributed by atoms with Crippen LogP contribution in [0.1, 0.15) is 22.3 Å². The lowest BCUT2D eigenvalue weighted by Gasteiger charge is -2.36. The SMILES string of the molecule is c1ccc(-c2ccc(N(c3ccc(-c4ccccc4)cc3)c3ccc4c(c3)C(c3ccccc3)(c3ccccc3)c3cc(N(c5ccc(-c6ccccc6)cc5)c5ccc(-c6ccccc6)cc5)c5c(oc6c(-c7ccccc7)cccc65)c3-4)cc2)cc1. The molecule has 15 aromatic rings. The summed E-state index contributed by atoms with van der Waals surface area (Å²) >= 11 is 0. The van der Waals surface area contributed by atoms with Gasteiger partial charge in [-0.1, -0.05) is 285 Å². The van der Waals surface area contributed by atoms with Crippen LogP contribution in [-0.4, -0.2) is 0 Å². The normalized spacial score (nSPS) is 12.2. The van der Waals surface area contributed by atoms with E-state index in [9.17, 15) is 0 Å². The highest BCUT2D eigenvalue weighted by molar-refractivity contribution is 6.21. The van der Waals surface area contributed by atoms with Gasteiger partial charge in [0.1, 0.15) is 11.2 Å². The molecular formula is C85H58N2O. The van der Waals surface area contributed by atoms with Crippen molar-refractivity contribution in [2.24, 2.45) is 0 Å². The lowest BCUT2D eigenvalue weighted by Crippen LogP contribution is -2.29. The topological polar surface area (TPSA) is 19.6 Å². The van der Waals surface area contributed by atoms with Gasteiger partial charge < -0.3 is 14.2 Å². The summed E-state index contributed by atoms with van der Waals surface area (Å²) in [6.07, 6.45) is 0. The van der Waals surface area contributed by atoms with Crippen molar-refractivity contribution in [2.45, 2.75) is 5.41 Å². The van der Waals surface area contributed by atoms with E-state index in [-0.39, 0.29) is 0 Å². The van der Waals surface area contributed by atoms with E-state index in [0.717, 1.165) is 123 Å². The van der Waals surface area contributed by atoms with E-state index in [1.54, 1.807) is 0 Å². The summed E-state index contributed by atoms with van der Waals surface area (Å²) in [7, 11) is 0. The van der Waals surface area contributed by atoms with Crippen LogP contribution in [0.25, 0.3) is 88.7 Å². The van der Waals surface area contributed by atoms with Crippen LogP contribution >= 0.6 is 0 Å². The Kier molecular flexibility index (Phi) is 13.1. The van der Waals surface area contributed by atoms with Gasteiger partial charge in [0.15, 0.2) is 0 Å². The van der Waals surface area contributed by atoms with Gasteiger partial charge in [-0.2, -0.15) is 0 Å². The van der Waals surface area contributed by atoms with Gasteiger partial charge in [0.05, 0.1) is 16.5 Å². The Bertz CT molecular complexity index is 4730. The molecule has 0 atom stereocenters. The van der Waals surface area contributed by atoms with Crippen molar-refractivity contribution in [2.75, 3.05) is 9.80 Å². The lowest BCUT2D eigenvalue weighted by atomic mass is 9.67. The molecule has 0 unspecified atom stereocenters. The van der Waals surface area contributed by atoms with Crippen molar-refractivity contribution in [1.29, 1.82) is 0 Å². The maximum atomic E-state index is 7.79. The van der Waals surface area contributed by atoms with Gasteiger partial charge in [0.2, 0.25) is 0 Å². The molecule has 0 spiro atoms. The third kappa shape index (κ3) is 8.99. The first kappa shape index (κ1) is 52.1. The predicted octanol–water partition coefficient (Wildman–Crippen LogP) is 23.2. The molecular weight excluding hydrogens is 1060 g/mol. The number of hydrogen-bond donors (Lipinski definition) is 0. The number of benzene rings is 14. The van der Waals surface area contributed by atoms with Crippen LogP contribution in [0.4, 0.5) is 34.1 Å². The first-order valence-electron chi connectivity index (χ1n) is 30.2. The van der Waals surface area contributed by atoms with Crippen molar-refractivity contribution in [3.05, 3.63) is 374 Å². The van der Waals surface area contributed by atoms with Gasteiger partial charge in [-0.15, -0.1) is 0 Å². The molecule has 0 fully saturated rings. The number of fused-ring (bicyclic) bond motifs is 7. The minimum Gasteiger partial charge on any atom is -0.455 e. The molecule has 1 aliphatic rings. The largest absolute Gasteiger partial charge is 0.455 e. The summed E-state index contributed by atoms with van der Waals surface area (Å²) in [5.74, 6) is 0. The average molecular weight is 1120 g/mol. The minimum absolute atomic E-state index is 0.838. The summed E-state index contributed by atoms with van der Waals surface area (Å²) in [4.78, 5) is 4.88. The number of rotatable bonds is 13. The van der Waals surface area contributed by atoms with Crippen LogP contribution < -0.4 is 9.80 Å². The van der Waals surface area contributed by atoms with Crippen molar-refractivity contribution in [3.8, 4) is 66.8 Å². The first-order chi connectivity index (χ1) is 43.7. The van der Waals surface area contributed by atoms with Crippen molar-refractivity contribution in [3.63, 3.8) is 0 Å². The van der Waals surface area contributed by atoms with E-state index in [4.69, 9.17) is 4.42 Å². The lowest BCUT2D eigenvalue weighted by molar-refractivity contribution is 0.670. The van der Waals surface area contributed by atoms with E-state index in [0.29, 0.717) is 0 Å². The van der Waals surface area contributed by atoms with Gasteiger partial charge in [-0.05, 0) is 145 Å². The quantitative estimate of drug-likeness (QED) is 0.115. The van der Waals surface area contributed by atoms with Crippen LogP contribution in [0.5, 0.6) is 0 Å². The molecule has 0 aliphatic heterocycles. The molecule has 1 aliphatic carbocycles. The fourth-order valence-electron chi connectivity index (χ4n) is 13.7. The summed E-state index contributed by atoms with van der Waals surface area (Å²) in [6.45, 7) is 0. The summed E-state index contributed by atoms with van der Waals surface area (Å²) in [5.41, 5.74) is 25.3. The molecule has 14 aromatic carbocycles. The first-order valence-corrected chi connectivity index (χ1v) is 30.2. The van der Waals surface area contributed by atoms with Gasteiger partial charge in [-0.25, -0.2) is 0 Å². The molecule has 0 saturated heterocycles. The Hall–Kier alpha value is -11.5. The molecule has 0 N–H and O–H groups in total. The molecule has 0 bridgehead atoms. The Morgan fingerprint density at radius 3 is 1.00 bits per heavy atom. The van der Waals surface area contributed by atoms with E-state index in [1.807, 2.05) is 0 Å². The van der Waals surface area contributed by atoms with Crippen molar-refractivity contribution in [1.82, 2.24) is 0 Å². The van der Waals surface area contributed by atoms with Crippen LogP contribution in [0, 0.1) is 0 Å². The summed E-state index contributed by atoms with van der Waals surface area (Å²) in [5, 5.41) is 2.08. The Balaban J connectivity index is 0.991. The zero-order chi connectivity index (χ0) is 58.4. The molecule has 1 heterocycles. The monoisotopic (exact) mass is 1120 g/mol. The van der Waals surface area contributed by atoms with Crippen molar-refractivity contribution < 1.29 is 4.42 Å². The Morgan fingerprint density at radius 1 is 0.239 bits per heavy atom. The summed E-state index contributed by atoms with van der Waals surface area (Å²) < 4.78 is 7.79. The molecule has 16 rings (SSSR count). The zero-order valence-corrected chi connectivity index (χ0v) is 48.3. The third-order valence-electron chi connectivity index (χ3n) is 17.8. The van der Waals surface area contributed by atoms with Crippen molar-refractivity contribution >= 4 is 56.1 Å². The highest BCUT2D eigenvalue weighted by Crippen LogP contribution is 2.62.